The molecule has 2 heterocycles. The highest BCUT2D eigenvalue weighted by molar-refractivity contribution is 9.11. The molecule has 0 radical (unpaired) electrons. The number of thiazole rings is 2. The molecule has 0 aliphatic heterocycles. The van der Waals surface area contributed by atoms with E-state index in [-0.39, 0.29) is 11.8 Å². The Morgan fingerprint density at radius 3 is 1.58 bits per heavy atom. The summed E-state index contributed by atoms with van der Waals surface area (Å²) in [5, 5.41) is 6.93. The van der Waals surface area contributed by atoms with Crippen molar-refractivity contribution >= 4 is 81.1 Å². The zero-order chi connectivity index (χ0) is 22.5. The van der Waals surface area contributed by atoms with Crippen molar-refractivity contribution in [2.24, 2.45) is 0 Å². The van der Waals surface area contributed by atoms with Crippen LogP contribution in [0.15, 0.2) is 10.5 Å². The van der Waals surface area contributed by atoms with Crippen LogP contribution in [0.4, 0.5) is 10.3 Å². The topological polar surface area (TPSA) is 90.5 Å². The second-order valence-corrected chi connectivity index (χ2v) is 9.74. The van der Waals surface area contributed by atoms with E-state index in [1.807, 2.05) is 33.8 Å². The zero-order valence-corrected chi connectivity index (χ0v) is 21.3. The average molecular weight is 528 g/mol. The zero-order valence-electron chi connectivity index (χ0n) is 18.1. The average Bonchev–Trinajstić information content (AvgIpc) is 3.33. The Kier molecular flexibility index (Phi) is 8.34. The van der Waals surface area contributed by atoms with Crippen molar-refractivity contribution in [3.05, 3.63) is 10.5 Å². The molecule has 0 spiro atoms. The van der Waals surface area contributed by atoms with Crippen LogP contribution in [-0.4, -0.2) is 70.9 Å². The smallest absolute Gasteiger partial charge is 0.240 e. The molecular formula is C20H27BrN6O2S2. The van der Waals surface area contributed by atoms with Gasteiger partial charge in [0.05, 0.1) is 38.0 Å². The largest absolute Gasteiger partial charge is 0.301 e. The van der Waals surface area contributed by atoms with Crippen LogP contribution in [0.3, 0.4) is 0 Å². The summed E-state index contributed by atoms with van der Waals surface area (Å²) in [6, 6.07) is 1.89. The summed E-state index contributed by atoms with van der Waals surface area (Å²) >= 11 is 6.51. The minimum atomic E-state index is -0.0722. The molecule has 8 nitrogen and oxygen atoms in total. The number of carbonyl (C=O) groups is 2. The molecule has 2 N–H and O–H groups in total. The van der Waals surface area contributed by atoms with Crippen LogP contribution in [-0.2, 0) is 9.59 Å². The molecule has 11 heteroatoms. The Labute approximate surface area is 198 Å². The first-order valence-electron chi connectivity index (χ1n) is 10.3. The van der Waals surface area contributed by atoms with Crippen molar-refractivity contribution in [3.63, 3.8) is 0 Å². The minimum absolute atomic E-state index is 0.0722. The lowest BCUT2D eigenvalue weighted by atomic mass is 10.3. The Balaban J connectivity index is 1.78. The van der Waals surface area contributed by atoms with Gasteiger partial charge in [-0.2, -0.15) is 0 Å². The van der Waals surface area contributed by atoms with Crippen molar-refractivity contribution < 1.29 is 9.59 Å². The number of hydrogen-bond acceptors (Lipinski definition) is 8. The molecular weight excluding hydrogens is 500 g/mol. The van der Waals surface area contributed by atoms with Gasteiger partial charge < -0.3 is 10.6 Å². The summed E-state index contributed by atoms with van der Waals surface area (Å²) < 4.78 is 2.76. The molecule has 0 atom stereocenters. The first kappa shape index (κ1) is 24.0. The van der Waals surface area contributed by atoms with E-state index in [2.05, 4.69) is 46.3 Å². The molecule has 3 rings (SSSR count). The normalized spacial score (nSPS) is 11.7. The molecule has 0 saturated heterocycles. The fourth-order valence-electron chi connectivity index (χ4n) is 3.13. The highest BCUT2D eigenvalue weighted by Crippen LogP contribution is 2.41. The van der Waals surface area contributed by atoms with Gasteiger partial charge in [0.2, 0.25) is 11.8 Å². The summed E-state index contributed by atoms with van der Waals surface area (Å²) in [5.74, 6) is -0.144. The number of likely N-dealkylation sites (N-methyl/N-ethyl adjacent to an activating group) is 2. The Morgan fingerprint density at radius 2 is 1.23 bits per heavy atom. The second-order valence-electron chi connectivity index (χ2n) is 6.94. The quantitative estimate of drug-likeness (QED) is 0.410. The van der Waals surface area contributed by atoms with Gasteiger partial charge in [-0.15, -0.1) is 0 Å². The standard InChI is InChI=1S/C20H27BrN6O2S2/c1-5-26(6-2)10-14(28)24-19-22-12-9-13-18(16(21)17(12)30-19)31-20(23-13)25-15(29)11-27(7-3)8-4/h9H,5-8,10-11H2,1-4H3,(H,22,24,28)(H,23,25,29). The summed E-state index contributed by atoms with van der Waals surface area (Å²) in [6.45, 7) is 12.1. The molecule has 0 saturated carbocycles. The van der Waals surface area contributed by atoms with E-state index in [1.54, 1.807) is 0 Å². The first-order chi connectivity index (χ1) is 14.9. The summed E-state index contributed by atoms with van der Waals surface area (Å²) in [4.78, 5) is 37.8. The maximum Gasteiger partial charge on any atom is 0.240 e. The predicted octanol–water partition coefficient (Wildman–Crippen LogP) is 4.23. The van der Waals surface area contributed by atoms with E-state index in [0.717, 1.165) is 51.1 Å². The summed E-state index contributed by atoms with van der Waals surface area (Å²) in [6.07, 6.45) is 0. The number of rotatable bonds is 10. The monoisotopic (exact) mass is 526 g/mol. The van der Waals surface area contributed by atoms with Gasteiger partial charge in [-0.05, 0) is 48.2 Å². The SMILES string of the molecule is CCN(CC)CC(=O)Nc1nc2cc3nc(NC(=O)CN(CC)CC)sc3c(Br)c2s1. The maximum absolute atomic E-state index is 12.3. The van der Waals surface area contributed by atoms with Crippen molar-refractivity contribution in [1.82, 2.24) is 19.8 Å². The molecule has 0 bridgehead atoms. The number of nitrogens with one attached hydrogen (secondary N) is 2. The molecule has 31 heavy (non-hydrogen) atoms. The van der Waals surface area contributed by atoms with Gasteiger partial charge in [-0.3, -0.25) is 19.4 Å². The van der Waals surface area contributed by atoms with Crippen molar-refractivity contribution in [2.45, 2.75) is 27.7 Å². The number of benzene rings is 1. The minimum Gasteiger partial charge on any atom is -0.301 e. The lowest BCUT2D eigenvalue weighted by Gasteiger charge is -2.16. The predicted molar refractivity (Wildman–Crippen MR) is 133 cm³/mol. The van der Waals surface area contributed by atoms with Crippen LogP contribution in [0, 0.1) is 0 Å². The number of aromatic nitrogens is 2. The lowest BCUT2D eigenvalue weighted by molar-refractivity contribution is -0.118. The van der Waals surface area contributed by atoms with Crippen LogP contribution in [0.1, 0.15) is 27.7 Å². The van der Waals surface area contributed by atoms with E-state index in [4.69, 9.17) is 0 Å². The molecule has 0 fully saturated rings. The number of fused-ring (bicyclic) bond motifs is 2. The fourth-order valence-corrected chi connectivity index (χ4v) is 5.89. The number of nitrogens with zero attached hydrogens (tertiary/aromatic N) is 4. The van der Waals surface area contributed by atoms with Gasteiger partial charge in [0.1, 0.15) is 0 Å². The number of halogens is 1. The van der Waals surface area contributed by atoms with E-state index in [0.29, 0.717) is 23.4 Å². The fraction of sp³-hybridized carbons (Fsp3) is 0.500. The molecule has 168 valence electrons. The number of amides is 2. The number of anilines is 2. The molecule has 3 aromatic rings. The van der Waals surface area contributed by atoms with Crippen LogP contribution >= 0.6 is 38.6 Å². The van der Waals surface area contributed by atoms with Crippen LogP contribution in [0.5, 0.6) is 0 Å². The highest BCUT2D eigenvalue weighted by Gasteiger charge is 2.18. The van der Waals surface area contributed by atoms with E-state index in [1.165, 1.54) is 22.7 Å². The second kappa shape index (κ2) is 10.8. The summed E-state index contributed by atoms with van der Waals surface area (Å²) in [7, 11) is 0. The molecule has 2 aromatic heterocycles. The highest BCUT2D eigenvalue weighted by atomic mass is 79.9. The third-order valence-corrected chi connectivity index (χ3v) is 8.32. The number of hydrogen-bond donors (Lipinski definition) is 2. The lowest BCUT2D eigenvalue weighted by Crippen LogP contribution is -2.32. The van der Waals surface area contributed by atoms with Gasteiger partial charge in [0.25, 0.3) is 0 Å². The van der Waals surface area contributed by atoms with Gasteiger partial charge >= 0.3 is 0 Å². The molecule has 0 unspecified atom stereocenters. The number of carbonyl (C=O) groups excluding carboxylic acids is 2. The molecule has 1 aromatic carbocycles. The van der Waals surface area contributed by atoms with Crippen LogP contribution in [0.2, 0.25) is 0 Å². The van der Waals surface area contributed by atoms with Gasteiger partial charge in [0, 0.05) is 0 Å². The summed E-state index contributed by atoms with van der Waals surface area (Å²) in [5.41, 5.74) is 1.52. The maximum atomic E-state index is 12.3. The van der Waals surface area contributed by atoms with Crippen molar-refractivity contribution in [1.29, 1.82) is 0 Å². The Morgan fingerprint density at radius 1 is 0.839 bits per heavy atom. The molecule has 0 aliphatic rings. The van der Waals surface area contributed by atoms with Crippen LogP contribution in [0.25, 0.3) is 20.4 Å². The van der Waals surface area contributed by atoms with Crippen LogP contribution < -0.4 is 10.6 Å². The van der Waals surface area contributed by atoms with Crippen molar-refractivity contribution in [3.8, 4) is 0 Å². The van der Waals surface area contributed by atoms with E-state index < -0.39 is 0 Å². The van der Waals surface area contributed by atoms with Gasteiger partial charge in [0.15, 0.2) is 10.3 Å². The van der Waals surface area contributed by atoms with Crippen molar-refractivity contribution in [2.75, 3.05) is 49.9 Å². The third kappa shape index (κ3) is 5.78. The Hall–Kier alpha value is -1.66. The van der Waals surface area contributed by atoms with E-state index in [9.17, 15) is 9.59 Å². The van der Waals surface area contributed by atoms with Gasteiger partial charge in [-0.25, -0.2) is 9.97 Å². The van der Waals surface area contributed by atoms with Gasteiger partial charge in [-0.1, -0.05) is 50.4 Å². The first-order valence-corrected chi connectivity index (χ1v) is 12.7. The Bertz CT molecular complexity index is 994. The molecule has 0 aliphatic carbocycles. The molecule has 2 amide bonds. The third-order valence-electron chi connectivity index (χ3n) is 4.99. The van der Waals surface area contributed by atoms with E-state index >= 15 is 0 Å².